The van der Waals surface area contributed by atoms with Gasteiger partial charge in [-0.25, -0.2) is 0 Å². The Morgan fingerprint density at radius 2 is 1.60 bits per heavy atom. The van der Waals surface area contributed by atoms with Crippen LogP contribution < -0.4 is 0 Å². The number of unbranched alkanes of at least 4 members (excludes halogenated alkanes) is 2. The average molecular weight is 210 g/mol. The van der Waals surface area contributed by atoms with Gasteiger partial charge in [0, 0.05) is 0 Å². The molecule has 0 heterocycles. The van der Waals surface area contributed by atoms with Crippen LogP contribution in [-0.4, -0.2) is 0 Å². The van der Waals surface area contributed by atoms with Crippen molar-refractivity contribution in [2.24, 2.45) is 29.6 Å². The molecule has 0 aromatic rings. The first-order valence-corrected chi connectivity index (χ1v) is 7.13. The molecule has 90 valence electrons. The van der Waals surface area contributed by atoms with Crippen LogP contribution >= 0.6 is 0 Å². The van der Waals surface area contributed by atoms with Crippen LogP contribution in [-0.2, 0) is 0 Å². The normalized spacial score (nSPS) is 33.8. The van der Waals surface area contributed by atoms with Crippen LogP contribution in [0.5, 0.6) is 0 Å². The second kappa shape index (κ2) is 5.92. The van der Waals surface area contributed by atoms with Crippen molar-refractivity contribution in [2.45, 2.75) is 66.7 Å². The lowest BCUT2D eigenvalue weighted by Crippen LogP contribution is -2.14. The lowest BCUT2D eigenvalue weighted by molar-refractivity contribution is 0.271. The van der Waals surface area contributed by atoms with Crippen molar-refractivity contribution in [2.75, 3.05) is 0 Å². The molecule has 1 aliphatic rings. The third kappa shape index (κ3) is 3.23. The zero-order chi connectivity index (χ0) is 11.4. The van der Waals surface area contributed by atoms with Crippen molar-refractivity contribution in [3.63, 3.8) is 0 Å². The van der Waals surface area contributed by atoms with Gasteiger partial charge in [-0.1, -0.05) is 66.7 Å². The fourth-order valence-corrected chi connectivity index (χ4v) is 3.47. The molecule has 1 saturated carbocycles. The van der Waals surface area contributed by atoms with E-state index < -0.39 is 0 Å². The quantitative estimate of drug-likeness (QED) is 0.511. The van der Waals surface area contributed by atoms with E-state index in [9.17, 15) is 0 Å². The highest BCUT2D eigenvalue weighted by Gasteiger charge is 2.47. The van der Waals surface area contributed by atoms with Gasteiger partial charge in [-0.2, -0.15) is 0 Å². The molecule has 0 aliphatic heterocycles. The van der Waals surface area contributed by atoms with Crippen molar-refractivity contribution < 1.29 is 0 Å². The Morgan fingerprint density at radius 1 is 1.00 bits per heavy atom. The minimum absolute atomic E-state index is 0.969. The van der Waals surface area contributed by atoms with Gasteiger partial charge in [0.05, 0.1) is 0 Å². The molecule has 0 amide bonds. The topological polar surface area (TPSA) is 0 Å². The molecule has 0 aromatic carbocycles. The molecule has 0 heteroatoms. The number of rotatable bonds is 7. The van der Waals surface area contributed by atoms with Gasteiger partial charge in [0.25, 0.3) is 0 Å². The molecule has 0 bridgehead atoms. The summed E-state index contributed by atoms with van der Waals surface area (Å²) in [4.78, 5) is 0. The molecule has 4 unspecified atom stereocenters. The summed E-state index contributed by atoms with van der Waals surface area (Å²) in [6.45, 7) is 12.1. The highest BCUT2D eigenvalue weighted by molar-refractivity contribution is 4.95. The zero-order valence-electron chi connectivity index (χ0n) is 11.4. The van der Waals surface area contributed by atoms with Gasteiger partial charge in [0.2, 0.25) is 0 Å². The fourth-order valence-electron chi connectivity index (χ4n) is 3.47. The highest BCUT2D eigenvalue weighted by atomic mass is 14.5. The smallest absolute Gasteiger partial charge is 0.0329 e. The minimum Gasteiger partial charge on any atom is -0.0654 e. The van der Waals surface area contributed by atoms with E-state index in [1.54, 1.807) is 0 Å². The van der Waals surface area contributed by atoms with Crippen LogP contribution in [0.1, 0.15) is 66.7 Å². The van der Waals surface area contributed by atoms with Gasteiger partial charge in [-0.3, -0.25) is 0 Å². The van der Waals surface area contributed by atoms with Crippen LogP contribution in [0, 0.1) is 29.6 Å². The molecule has 1 rings (SSSR count). The second-order valence-corrected chi connectivity index (χ2v) is 5.82. The molecule has 1 fully saturated rings. The summed E-state index contributed by atoms with van der Waals surface area (Å²) < 4.78 is 0. The maximum absolute atomic E-state index is 2.50. The van der Waals surface area contributed by atoms with Crippen LogP contribution in [0.2, 0.25) is 0 Å². The summed E-state index contributed by atoms with van der Waals surface area (Å²) in [5.74, 6) is 5.00. The van der Waals surface area contributed by atoms with Gasteiger partial charge in [0.15, 0.2) is 0 Å². The third-order valence-electron chi connectivity index (χ3n) is 4.96. The Kier molecular flexibility index (Phi) is 5.15. The predicted molar refractivity (Wildman–Crippen MR) is 68.9 cm³/mol. The first kappa shape index (κ1) is 13.1. The number of hydrogen-bond donors (Lipinski definition) is 0. The first-order valence-electron chi connectivity index (χ1n) is 7.13. The van der Waals surface area contributed by atoms with Crippen LogP contribution in [0.4, 0.5) is 0 Å². The van der Waals surface area contributed by atoms with Crippen LogP contribution in [0.25, 0.3) is 0 Å². The van der Waals surface area contributed by atoms with E-state index in [4.69, 9.17) is 0 Å². The Labute approximate surface area is 96.8 Å². The van der Waals surface area contributed by atoms with Crippen LogP contribution in [0.15, 0.2) is 0 Å². The molecule has 0 radical (unpaired) electrons. The summed E-state index contributed by atoms with van der Waals surface area (Å²) in [5, 5.41) is 0. The summed E-state index contributed by atoms with van der Waals surface area (Å²) in [6.07, 6.45) is 7.11. The summed E-state index contributed by atoms with van der Waals surface area (Å²) in [5.41, 5.74) is 0. The van der Waals surface area contributed by atoms with Crippen molar-refractivity contribution in [1.29, 1.82) is 0 Å². The maximum atomic E-state index is 2.50. The van der Waals surface area contributed by atoms with Crippen molar-refractivity contribution in [3.05, 3.63) is 0 Å². The Morgan fingerprint density at radius 3 is 2.00 bits per heavy atom. The first-order chi connectivity index (χ1) is 7.13. The Balaban J connectivity index is 2.31. The molecule has 4 atom stereocenters. The average Bonchev–Trinajstić information content (AvgIpc) is 2.81. The standard InChI is InChI=1S/C15H30/c1-6-8-9-10-14(7-2)13(5)15-11(3)12(15)4/h11-15H,6-10H2,1-5H3. The molecule has 1 aliphatic carbocycles. The van der Waals surface area contributed by atoms with E-state index in [2.05, 4.69) is 34.6 Å². The van der Waals surface area contributed by atoms with Gasteiger partial charge in [-0.15, -0.1) is 0 Å². The summed E-state index contributed by atoms with van der Waals surface area (Å²) in [7, 11) is 0. The Hall–Kier alpha value is 0. The van der Waals surface area contributed by atoms with Crippen molar-refractivity contribution >= 4 is 0 Å². The third-order valence-corrected chi connectivity index (χ3v) is 4.96. The van der Waals surface area contributed by atoms with Gasteiger partial charge >= 0.3 is 0 Å². The largest absolute Gasteiger partial charge is 0.0654 e. The second-order valence-electron chi connectivity index (χ2n) is 5.82. The molecule has 0 aromatic heterocycles. The van der Waals surface area contributed by atoms with E-state index >= 15 is 0 Å². The fraction of sp³-hybridized carbons (Fsp3) is 1.00. The summed E-state index contributed by atoms with van der Waals surface area (Å²) >= 11 is 0. The van der Waals surface area contributed by atoms with E-state index in [0.29, 0.717) is 0 Å². The minimum atomic E-state index is 0.969. The molecule has 0 saturated heterocycles. The molecule has 0 N–H and O–H groups in total. The lowest BCUT2D eigenvalue weighted by atomic mass is 9.83. The van der Waals surface area contributed by atoms with E-state index in [1.807, 2.05) is 0 Å². The lowest BCUT2D eigenvalue weighted by Gasteiger charge is -2.23. The molecule has 0 spiro atoms. The summed E-state index contributed by atoms with van der Waals surface area (Å²) in [6, 6.07) is 0. The SMILES string of the molecule is CCCCCC(CC)C(C)C1C(C)C1C. The molecule has 0 nitrogen and oxygen atoms in total. The van der Waals surface area contributed by atoms with E-state index in [0.717, 1.165) is 29.6 Å². The van der Waals surface area contributed by atoms with Gasteiger partial charge < -0.3 is 0 Å². The van der Waals surface area contributed by atoms with Crippen molar-refractivity contribution in [3.8, 4) is 0 Å². The van der Waals surface area contributed by atoms with Gasteiger partial charge in [0.1, 0.15) is 0 Å². The molecular weight excluding hydrogens is 180 g/mol. The van der Waals surface area contributed by atoms with Gasteiger partial charge in [-0.05, 0) is 29.6 Å². The molecule has 15 heavy (non-hydrogen) atoms. The predicted octanol–water partition coefficient (Wildman–Crippen LogP) is 5.13. The monoisotopic (exact) mass is 210 g/mol. The number of hydrogen-bond acceptors (Lipinski definition) is 0. The highest BCUT2D eigenvalue weighted by Crippen LogP contribution is 2.53. The van der Waals surface area contributed by atoms with E-state index in [-0.39, 0.29) is 0 Å². The molecular formula is C15H30. The van der Waals surface area contributed by atoms with Crippen molar-refractivity contribution in [1.82, 2.24) is 0 Å². The van der Waals surface area contributed by atoms with E-state index in [1.165, 1.54) is 32.1 Å². The zero-order valence-corrected chi connectivity index (χ0v) is 11.4. The maximum Gasteiger partial charge on any atom is -0.0329 e. The Bertz CT molecular complexity index is 165. The van der Waals surface area contributed by atoms with Crippen LogP contribution in [0.3, 0.4) is 0 Å².